The van der Waals surface area contributed by atoms with Gasteiger partial charge >= 0.3 is 0 Å². The van der Waals surface area contributed by atoms with Crippen molar-refractivity contribution in [1.29, 1.82) is 0 Å². The zero-order valence-electron chi connectivity index (χ0n) is 11.1. The molecule has 104 valence electrons. The van der Waals surface area contributed by atoms with Crippen molar-refractivity contribution in [3.63, 3.8) is 0 Å². The number of aromatic nitrogens is 2. The maximum absolute atomic E-state index is 9.00. The minimum Gasteiger partial charge on any atom is -0.396 e. The summed E-state index contributed by atoms with van der Waals surface area (Å²) in [5, 5.41) is 9.00. The number of hydrogen-bond donors (Lipinski definition) is 1. The van der Waals surface area contributed by atoms with Crippen molar-refractivity contribution < 1.29 is 5.11 Å². The Kier molecular flexibility index (Phi) is 4.03. The largest absolute Gasteiger partial charge is 0.396 e. The van der Waals surface area contributed by atoms with Gasteiger partial charge < -0.3 is 10.0 Å². The Morgan fingerprint density at radius 2 is 2.16 bits per heavy atom. The molecule has 0 spiro atoms. The first kappa shape index (κ1) is 13.3. The number of aliphatic hydroxyl groups excluding tert-OH is 1. The van der Waals surface area contributed by atoms with Gasteiger partial charge in [0.25, 0.3) is 0 Å². The van der Waals surface area contributed by atoms with Crippen LogP contribution in [0.1, 0.15) is 50.3 Å². The van der Waals surface area contributed by atoms with Crippen LogP contribution in [0.25, 0.3) is 0 Å². The summed E-state index contributed by atoms with van der Waals surface area (Å²) < 4.78 is 0.896. The average Bonchev–Trinajstić information content (AvgIpc) is 3.15. The standard InChI is InChI=1S/C14H20BrN3O/c15-12-9-13(17-14(16-12)10-5-6-10)18-7-1-3-11(18)4-2-8-19/h9-11,19H,1-8H2. The van der Waals surface area contributed by atoms with Gasteiger partial charge in [0.15, 0.2) is 0 Å². The molecule has 0 aromatic carbocycles. The molecule has 1 aliphatic heterocycles. The quantitative estimate of drug-likeness (QED) is 0.846. The van der Waals surface area contributed by atoms with Crippen LogP contribution in [0.5, 0.6) is 0 Å². The van der Waals surface area contributed by atoms with E-state index in [4.69, 9.17) is 10.1 Å². The van der Waals surface area contributed by atoms with Crippen molar-refractivity contribution in [2.45, 2.75) is 50.5 Å². The highest BCUT2D eigenvalue weighted by molar-refractivity contribution is 9.10. The fourth-order valence-corrected chi connectivity index (χ4v) is 3.24. The average molecular weight is 326 g/mol. The van der Waals surface area contributed by atoms with Gasteiger partial charge in [-0.1, -0.05) is 0 Å². The minimum atomic E-state index is 0.283. The fraction of sp³-hybridized carbons (Fsp3) is 0.714. The second-order valence-electron chi connectivity index (χ2n) is 5.54. The SMILES string of the molecule is OCCCC1CCCN1c1cc(Br)nc(C2CC2)n1. The number of rotatable bonds is 5. The van der Waals surface area contributed by atoms with E-state index in [9.17, 15) is 0 Å². The first-order chi connectivity index (χ1) is 9.28. The third-order valence-corrected chi connectivity index (χ3v) is 4.41. The molecule has 4 nitrogen and oxygen atoms in total. The van der Waals surface area contributed by atoms with E-state index in [-0.39, 0.29) is 6.61 Å². The Hall–Kier alpha value is -0.680. The van der Waals surface area contributed by atoms with Crippen LogP contribution < -0.4 is 4.90 Å². The van der Waals surface area contributed by atoms with Gasteiger partial charge in [-0.2, -0.15) is 0 Å². The molecular formula is C14H20BrN3O. The molecule has 2 fully saturated rings. The Labute approximate surface area is 122 Å². The van der Waals surface area contributed by atoms with Crippen LogP contribution in [0.2, 0.25) is 0 Å². The molecule has 0 amide bonds. The van der Waals surface area contributed by atoms with Crippen LogP contribution in [0, 0.1) is 0 Å². The number of anilines is 1. The predicted octanol–water partition coefficient (Wildman–Crippen LogP) is 2.86. The number of hydrogen-bond acceptors (Lipinski definition) is 4. The zero-order valence-corrected chi connectivity index (χ0v) is 12.6. The Morgan fingerprint density at radius 3 is 2.89 bits per heavy atom. The maximum Gasteiger partial charge on any atom is 0.135 e. The van der Waals surface area contributed by atoms with Crippen molar-refractivity contribution in [1.82, 2.24) is 9.97 Å². The van der Waals surface area contributed by atoms with E-state index in [0.29, 0.717) is 12.0 Å². The van der Waals surface area contributed by atoms with Gasteiger partial charge in [0.2, 0.25) is 0 Å². The molecule has 1 unspecified atom stereocenters. The van der Waals surface area contributed by atoms with E-state index < -0.39 is 0 Å². The summed E-state index contributed by atoms with van der Waals surface area (Å²) in [6.07, 6.45) is 6.81. The van der Waals surface area contributed by atoms with Gasteiger partial charge in [0, 0.05) is 31.2 Å². The van der Waals surface area contributed by atoms with E-state index in [1.165, 1.54) is 25.7 Å². The predicted molar refractivity (Wildman–Crippen MR) is 78.4 cm³/mol. The number of halogens is 1. The minimum absolute atomic E-state index is 0.283. The summed E-state index contributed by atoms with van der Waals surface area (Å²) in [6, 6.07) is 2.56. The van der Waals surface area contributed by atoms with Crippen LogP contribution in [-0.4, -0.2) is 34.3 Å². The highest BCUT2D eigenvalue weighted by Crippen LogP contribution is 2.39. The van der Waals surface area contributed by atoms with E-state index in [0.717, 1.165) is 35.6 Å². The third-order valence-electron chi connectivity index (χ3n) is 4.01. The van der Waals surface area contributed by atoms with E-state index in [1.54, 1.807) is 0 Å². The Bertz CT molecular complexity index is 450. The Balaban J connectivity index is 1.79. The first-order valence-corrected chi connectivity index (χ1v) is 7.99. The van der Waals surface area contributed by atoms with Crippen molar-refractivity contribution >= 4 is 21.7 Å². The molecule has 1 atom stereocenters. The highest BCUT2D eigenvalue weighted by Gasteiger charge is 2.30. The lowest BCUT2D eigenvalue weighted by Crippen LogP contribution is -2.30. The monoisotopic (exact) mass is 325 g/mol. The van der Waals surface area contributed by atoms with Gasteiger partial charge in [-0.15, -0.1) is 0 Å². The summed E-state index contributed by atoms with van der Waals surface area (Å²) in [4.78, 5) is 11.6. The molecule has 1 N–H and O–H groups in total. The smallest absolute Gasteiger partial charge is 0.135 e. The maximum atomic E-state index is 9.00. The molecule has 2 heterocycles. The van der Waals surface area contributed by atoms with E-state index >= 15 is 0 Å². The van der Waals surface area contributed by atoms with Crippen LogP contribution in [0.3, 0.4) is 0 Å². The molecule has 1 saturated carbocycles. The van der Waals surface area contributed by atoms with Crippen molar-refractivity contribution in [3.8, 4) is 0 Å². The molecule has 1 aromatic rings. The van der Waals surface area contributed by atoms with E-state index in [2.05, 4.69) is 25.8 Å². The van der Waals surface area contributed by atoms with Crippen LogP contribution in [-0.2, 0) is 0 Å². The number of nitrogens with zero attached hydrogens (tertiary/aromatic N) is 3. The van der Waals surface area contributed by atoms with Gasteiger partial charge in [-0.3, -0.25) is 0 Å². The van der Waals surface area contributed by atoms with Crippen LogP contribution in [0.15, 0.2) is 10.7 Å². The molecule has 19 heavy (non-hydrogen) atoms. The molecular weight excluding hydrogens is 306 g/mol. The van der Waals surface area contributed by atoms with Crippen LogP contribution >= 0.6 is 15.9 Å². The summed E-state index contributed by atoms with van der Waals surface area (Å²) in [5.74, 6) is 2.64. The van der Waals surface area contributed by atoms with Gasteiger partial charge in [-0.05, 0) is 54.5 Å². The lowest BCUT2D eigenvalue weighted by molar-refractivity contribution is 0.279. The second-order valence-corrected chi connectivity index (χ2v) is 6.35. The van der Waals surface area contributed by atoms with Crippen LogP contribution in [0.4, 0.5) is 5.82 Å². The second kappa shape index (κ2) is 5.75. The lowest BCUT2D eigenvalue weighted by atomic mass is 10.1. The normalized spacial score (nSPS) is 23.1. The summed E-state index contributed by atoms with van der Waals surface area (Å²) in [5.41, 5.74) is 0. The van der Waals surface area contributed by atoms with Crippen molar-refractivity contribution in [3.05, 3.63) is 16.5 Å². The molecule has 1 saturated heterocycles. The lowest BCUT2D eigenvalue weighted by Gasteiger charge is -2.26. The molecule has 3 rings (SSSR count). The van der Waals surface area contributed by atoms with Crippen molar-refractivity contribution in [2.75, 3.05) is 18.1 Å². The molecule has 2 aliphatic rings. The molecule has 1 aliphatic carbocycles. The van der Waals surface area contributed by atoms with Gasteiger partial charge in [0.1, 0.15) is 16.2 Å². The zero-order chi connectivity index (χ0) is 13.2. The molecule has 5 heteroatoms. The van der Waals surface area contributed by atoms with Gasteiger partial charge in [0.05, 0.1) is 0 Å². The summed E-state index contributed by atoms with van der Waals surface area (Å²) in [7, 11) is 0. The van der Waals surface area contributed by atoms with Gasteiger partial charge in [-0.25, -0.2) is 9.97 Å². The third kappa shape index (κ3) is 3.08. The highest BCUT2D eigenvalue weighted by atomic mass is 79.9. The molecule has 0 radical (unpaired) electrons. The van der Waals surface area contributed by atoms with E-state index in [1.807, 2.05) is 6.07 Å². The topological polar surface area (TPSA) is 49.2 Å². The summed E-state index contributed by atoms with van der Waals surface area (Å²) in [6.45, 7) is 1.36. The summed E-state index contributed by atoms with van der Waals surface area (Å²) >= 11 is 3.51. The number of aliphatic hydroxyl groups is 1. The Morgan fingerprint density at radius 1 is 1.32 bits per heavy atom. The first-order valence-electron chi connectivity index (χ1n) is 7.20. The molecule has 0 bridgehead atoms. The fourth-order valence-electron chi connectivity index (χ4n) is 2.86. The molecule has 1 aromatic heterocycles. The van der Waals surface area contributed by atoms with Crippen molar-refractivity contribution in [2.24, 2.45) is 0 Å².